The van der Waals surface area contributed by atoms with Crippen LogP contribution in [0, 0.1) is 11.8 Å². The van der Waals surface area contributed by atoms with Crippen LogP contribution in [0.1, 0.15) is 35.4 Å². The molecule has 1 atom stereocenters. The van der Waals surface area contributed by atoms with Gasteiger partial charge in [0.05, 0.1) is 6.54 Å². The number of likely N-dealkylation sites (tertiary alicyclic amines) is 1. The highest BCUT2D eigenvalue weighted by molar-refractivity contribution is 5.80. The van der Waals surface area contributed by atoms with E-state index in [0.29, 0.717) is 12.3 Å². The first-order valence-electron chi connectivity index (χ1n) is 10.4. The molecule has 0 amide bonds. The Morgan fingerprint density at radius 3 is 2.14 bits per heavy atom. The predicted molar refractivity (Wildman–Crippen MR) is 118 cm³/mol. The zero-order valence-electron chi connectivity index (χ0n) is 16.5. The van der Waals surface area contributed by atoms with Gasteiger partial charge in [0.25, 0.3) is 0 Å². The van der Waals surface area contributed by atoms with Crippen molar-refractivity contribution in [1.82, 2.24) is 4.90 Å². The standard InChI is InChI=1S/C27H25NO/c29-27(25-14-6-4-12-23(25)24-13-5-7-15-26(24)27)17-8-9-18-28-19-16-22(20-28)21-10-2-1-3-11-21/h1-7,10-15,22,29H,16-20H2/t22-/m0/s1. The summed E-state index contributed by atoms with van der Waals surface area (Å²) in [7, 11) is 0. The zero-order chi connectivity index (χ0) is 19.7. The van der Waals surface area contributed by atoms with Crippen LogP contribution in [0.15, 0.2) is 78.9 Å². The van der Waals surface area contributed by atoms with Crippen LogP contribution in [0.25, 0.3) is 11.1 Å². The summed E-state index contributed by atoms with van der Waals surface area (Å²) >= 11 is 0. The third kappa shape index (κ3) is 3.27. The van der Waals surface area contributed by atoms with Crippen molar-refractivity contribution in [2.24, 2.45) is 0 Å². The molecule has 29 heavy (non-hydrogen) atoms. The number of hydrogen-bond acceptors (Lipinski definition) is 2. The summed E-state index contributed by atoms with van der Waals surface area (Å²) < 4.78 is 0. The average molecular weight is 380 g/mol. The first-order chi connectivity index (χ1) is 14.3. The fourth-order valence-corrected chi connectivity index (χ4v) is 4.82. The Kier molecular flexibility index (Phi) is 4.72. The number of nitrogens with zero attached hydrogens (tertiary/aromatic N) is 1. The maximum Gasteiger partial charge on any atom is 0.127 e. The van der Waals surface area contributed by atoms with Crippen LogP contribution in [0.2, 0.25) is 0 Å². The van der Waals surface area contributed by atoms with E-state index >= 15 is 0 Å². The van der Waals surface area contributed by atoms with Gasteiger partial charge in [0, 0.05) is 13.0 Å². The molecule has 1 aliphatic carbocycles. The normalized spacial score (nSPS) is 19.3. The Balaban J connectivity index is 1.29. The van der Waals surface area contributed by atoms with E-state index in [0.717, 1.165) is 41.9 Å². The lowest BCUT2D eigenvalue weighted by molar-refractivity contribution is 0.0914. The summed E-state index contributed by atoms with van der Waals surface area (Å²) in [6, 6.07) is 27.1. The van der Waals surface area contributed by atoms with Crippen molar-refractivity contribution in [1.29, 1.82) is 0 Å². The summed E-state index contributed by atoms with van der Waals surface area (Å²) in [5.74, 6) is 7.23. The Morgan fingerprint density at radius 2 is 1.45 bits per heavy atom. The highest BCUT2D eigenvalue weighted by atomic mass is 16.3. The number of aliphatic hydroxyl groups is 1. The quantitative estimate of drug-likeness (QED) is 0.662. The highest BCUT2D eigenvalue weighted by Crippen LogP contribution is 2.48. The lowest BCUT2D eigenvalue weighted by Gasteiger charge is -2.23. The van der Waals surface area contributed by atoms with Crippen LogP contribution in [0.5, 0.6) is 0 Å². The molecule has 0 saturated carbocycles. The van der Waals surface area contributed by atoms with Crippen LogP contribution in [0.4, 0.5) is 0 Å². The second-order valence-corrected chi connectivity index (χ2v) is 8.11. The van der Waals surface area contributed by atoms with E-state index in [2.05, 4.69) is 59.2 Å². The summed E-state index contributed by atoms with van der Waals surface area (Å²) in [6.07, 6.45) is 1.62. The predicted octanol–water partition coefficient (Wildman–Crippen LogP) is 4.79. The molecule has 1 saturated heterocycles. The molecular formula is C27H25NO. The molecule has 2 nitrogen and oxygen atoms in total. The van der Waals surface area contributed by atoms with Crippen molar-refractivity contribution < 1.29 is 5.11 Å². The minimum absolute atomic E-state index is 0.428. The van der Waals surface area contributed by atoms with Gasteiger partial charge in [-0.1, -0.05) is 90.7 Å². The van der Waals surface area contributed by atoms with Gasteiger partial charge in [-0.2, -0.15) is 0 Å². The SMILES string of the molecule is OC1(CC#CCN2CC[C@H](c3ccccc3)C2)c2ccccc2-c2ccccc21. The number of benzene rings is 3. The minimum Gasteiger partial charge on any atom is -0.379 e. The summed E-state index contributed by atoms with van der Waals surface area (Å²) in [5, 5.41) is 11.6. The fraction of sp³-hybridized carbons (Fsp3) is 0.259. The number of fused-ring (bicyclic) bond motifs is 3. The zero-order valence-corrected chi connectivity index (χ0v) is 16.5. The Morgan fingerprint density at radius 1 is 0.828 bits per heavy atom. The Bertz CT molecular complexity index is 1030. The fourth-order valence-electron chi connectivity index (χ4n) is 4.82. The average Bonchev–Trinajstić information content (AvgIpc) is 3.35. The molecule has 144 valence electrons. The van der Waals surface area contributed by atoms with Crippen LogP contribution in [-0.4, -0.2) is 29.6 Å². The molecule has 5 rings (SSSR count). The summed E-state index contributed by atoms with van der Waals surface area (Å²) in [4.78, 5) is 2.42. The van der Waals surface area contributed by atoms with Crippen molar-refractivity contribution in [2.45, 2.75) is 24.4 Å². The monoisotopic (exact) mass is 379 g/mol. The van der Waals surface area contributed by atoms with Gasteiger partial charge >= 0.3 is 0 Å². The molecule has 1 aliphatic heterocycles. The maximum absolute atomic E-state index is 11.6. The topological polar surface area (TPSA) is 23.5 Å². The van der Waals surface area contributed by atoms with Crippen LogP contribution in [0.3, 0.4) is 0 Å². The molecule has 0 aromatic heterocycles. The first kappa shape index (κ1) is 18.2. The number of rotatable bonds is 3. The van der Waals surface area contributed by atoms with E-state index in [4.69, 9.17) is 0 Å². The molecule has 1 N–H and O–H groups in total. The van der Waals surface area contributed by atoms with Crippen LogP contribution in [-0.2, 0) is 5.60 Å². The van der Waals surface area contributed by atoms with Gasteiger partial charge < -0.3 is 5.11 Å². The van der Waals surface area contributed by atoms with Crippen LogP contribution >= 0.6 is 0 Å². The van der Waals surface area contributed by atoms with Crippen molar-refractivity contribution in [3.8, 4) is 23.0 Å². The van der Waals surface area contributed by atoms with E-state index in [1.54, 1.807) is 0 Å². The molecule has 0 radical (unpaired) electrons. The van der Waals surface area contributed by atoms with Gasteiger partial charge in [0.2, 0.25) is 0 Å². The smallest absolute Gasteiger partial charge is 0.127 e. The molecule has 2 heteroatoms. The van der Waals surface area contributed by atoms with Gasteiger partial charge in [0.1, 0.15) is 5.60 Å². The van der Waals surface area contributed by atoms with Crippen molar-refractivity contribution in [3.63, 3.8) is 0 Å². The molecule has 0 spiro atoms. The van der Waals surface area contributed by atoms with Crippen molar-refractivity contribution in [2.75, 3.05) is 19.6 Å². The van der Waals surface area contributed by atoms with E-state index in [-0.39, 0.29) is 0 Å². The third-order valence-electron chi connectivity index (χ3n) is 6.35. The largest absolute Gasteiger partial charge is 0.379 e. The van der Waals surface area contributed by atoms with Crippen LogP contribution < -0.4 is 0 Å². The molecular weight excluding hydrogens is 354 g/mol. The Labute approximate surface area is 172 Å². The van der Waals surface area contributed by atoms with Gasteiger partial charge in [-0.15, -0.1) is 0 Å². The molecule has 0 bridgehead atoms. The third-order valence-corrected chi connectivity index (χ3v) is 6.35. The van der Waals surface area contributed by atoms with Gasteiger partial charge in [-0.25, -0.2) is 0 Å². The highest BCUT2D eigenvalue weighted by Gasteiger charge is 2.40. The lowest BCUT2D eigenvalue weighted by atomic mass is 9.88. The lowest BCUT2D eigenvalue weighted by Crippen LogP contribution is -2.24. The van der Waals surface area contributed by atoms with Gasteiger partial charge in [-0.3, -0.25) is 4.90 Å². The summed E-state index contributed by atoms with van der Waals surface area (Å²) in [5.41, 5.74) is 4.60. The van der Waals surface area contributed by atoms with Gasteiger partial charge in [-0.05, 0) is 46.7 Å². The second kappa shape index (κ2) is 7.52. The van der Waals surface area contributed by atoms with E-state index in [9.17, 15) is 5.11 Å². The maximum atomic E-state index is 11.6. The second-order valence-electron chi connectivity index (χ2n) is 8.11. The van der Waals surface area contributed by atoms with E-state index < -0.39 is 5.60 Å². The minimum atomic E-state index is -1.02. The molecule has 2 aliphatic rings. The molecule has 0 unspecified atom stereocenters. The molecule has 3 aromatic carbocycles. The molecule has 1 heterocycles. The van der Waals surface area contributed by atoms with Gasteiger partial charge in [0.15, 0.2) is 0 Å². The summed E-state index contributed by atoms with van der Waals surface area (Å²) in [6.45, 7) is 2.92. The first-order valence-corrected chi connectivity index (χ1v) is 10.4. The number of hydrogen-bond donors (Lipinski definition) is 1. The molecule has 1 fully saturated rings. The van der Waals surface area contributed by atoms with E-state index in [1.807, 2.05) is 36.4 Å². The van der Waals surface area contributed by atoms with Crippen molar-refractivity contribution in [3.05, 3.63) is 95.6 Å². The Hall–Kier alpha value is -2.86. The van der Waals surface area contributed by atoms with Crippen molar-refractivity contribution >= 4 is 0 Å². The molecule has 3 aromatic rings. The van der Waals surface area contributed by atoms with E-state index in [1.165, 1.54) is 12.0 Å².